The lowest BCUT2D eigenvalue weighted by Crippen LogP contribution is -2.18. The minimum atomic E-state index is -0.247. The van der Waals surface area contributed by atoms with E-state index in [0.717, 1.165) is 0 Å². The Morgan fingerprint density at radius 2 is 1.14 bits per heavy atom. The fraction of sp³-hybridized carbons (Fsp3) is 0.314. The van der Waals surface area contributed by atoms with E-state index in [1.807, 2.05) is 12.1 Å². The van der Waals surface area contributed by atoms with Crippen LogP contribution >= 0.6 is 0 Å². The van der Waals surface area contributed by atoms with Crippen LogP contribution in [-0.4, -0.2) is 5.11 Å². The Hall–Kier alpha value is -3.32. The predicted molar refractivity (Wildman–Crippen MR) is 154 cm³/mol. The molecule has 0 aliphatic heterocycles. The van der Waals surface area contributed by atoms with Crippen molar-refractivity contribution >= 4 is 0 Å². The first kappa shape index (κ1) is 24.4. The summed E-state index contributed by atoms with van der Waals surface area (Å²) in [5.41, 5.74) is 12.6. The van der Waals surface area contributed by atoms with E-state index in [1.54, 1.807) is 0 Å². The summed E-state index contributed by atoms with van der Waals surface area (Å²) in [5, 5.41) is 10.4. The summed E-state index contributed by atoms with van der Waals surface area (Å²) in [6.45, 7) is 18.4. The number of hydrogen-bond donors (Lipinski definition) is 1. The molecule has 4 aromatic carbocycles. The number of aromatic hydroxyl groups is 1. The van der Waals surface area contributed by atoms with E-state index in [2.05, 4.69) is 122 Å². The lowest BCUT2D eigenvalue weighted by atomic mass is 9.75. The number of rotatable bonds is 2. The Morgan fingerprint density at radius 1 is 0.583 bits per heavy atom. The van der Waals surface area contributed by atoms with Crippen molar-refractivity contribution in [3.8, 4) is 39.1 Å². The molecule has 184 valence electrons. The Balaban J connectivity index is 1.88. The first-order valence-electron chi connectivity index (χ1n) is 13.0. The van der Waals surface area contributed by atoms with Gasteiger partial charge in [0.25, 0.3) is 0 Å². The van der Waals surface area contributed by atoms with E-state index < -0.39 is 0 Å². The van der Waals surface area contributed by atoms with E-state index in [0.29, 0.717) is 5.75 Å². The van der Waals surface area contributed by atoms with Crippen LogP contribution in [0.15, 0.2) is 78.9 Å². The van der Waals surface area contributed by atoms with Crippen LogP contribution in [0.3, 0.4) is 0 Å². The van der Waals surface area contributed by atoms with Gasteiger partial charge in [0.05, 0.1) is 0 Å². The van der Waals surface area contributed by atoms with E-state index in [-0.39, 0.29) is 16.2 Å². The monoisotopic (exact) mass is 474 g/mol. The van der Waals surface area contributed by atoms with Crippen LogP contribution in [-0.2, 0) is 16.2 Å². The SMILES string of the molecule is CC(C)(C)c1cc(-c2ccc(-c3ccccc3)c3c2C(C)(C)c2cc(O)ccc2-3)cc(C(C)(C)C)c1. The van der Waals surface area contributed by atoms with Crippen LogP contribution in [0, 0.1) is 0 Å². The molecular weight excluding hydrogens is 436 g/mol. The van der Waals surface area contributed by atoms with Gasteiger partial charge in [0.15, 0.2) is 0 Å². The number of benzene rings is 4. The largest absolute Gasteiger partial charge is 0.508 e. The van der Waals surface area contributed by atoms with E-state index in [9.17, 15) is 5.11 Å². The van der Waals surface area contributed by atoms with Crippen molar-refractivity contribution in [1.29, 1.82) is 0 Å². The fourth-order valence-electron chi connectivity index (χ4n) is 5.68. The molecule has 5 rings (SSSR count). The van der Waals surface area contributed by atoms with Crippen molar-refractivity contribution in [1.82, 2.24) is 0 Å². The summed E-state index contributed by atoms with van der Waals surface area (Å²) in [5.74, 6) is 0.321. The molecule has 0 unspecified atom stereocenters. The topological polar surface area (TPSA) is 20.2 Å². The molecule has 0 heterocycles. The summed E-state index contributed by atoms with van der Waals surface area (Å²) in [6.07, 6.45) is 0. The van der Waals surface area contributed by atoms with E-state index >= 15 is 0 Å². The van der Waals surface area contributed by atoms with E-state index in [1.165, 1.54) is 55.6 Å². The number of phenols is 1. The Morgan fingerprint density at radius 3 is 1.72 bits per heavy atom. The maximum absolute atomic E-state index is 10.4. The minimum absolute atomic E-state index is 0.0490. The van der Waals surface area contributed by atoms with Crippen molar-refractivity contribution < 1.29 is 5.11 Å². The van der Waals surface area contributed by atoms with Gasteiger partial charge in [-0.1, -0.05) is 122 Å². The van der Waals surface area contributed by atoms with Gasteiger partial charge < -0.3 is 5.11 Å². The maximum atomic E-state index is 10.4. The van der Waals surface area contributed by atoms with Crippen molar-refractivity contribution in [3.05, 3.63) is 101 Å². The molecule has 1 nitrogen and oxygen atoms in total. The molecule has 0 radical (unpaired) electrons. The third kappa shape index (κ3) is 3.95. The van der Waals surface area contributed by atoms with Crippen LogP contribution in [0.4, 0.5) is 0 Å². The molecule has 1 N–H and O–H groups in total. The molecule has 0 saturated heterocycles. The molecule has 0 aromatic heterocycles. The van der Waals surface area contributed by atoms with Crippen LogP contribution in [0.5, 0.6) is 5.75 Å². The zero-order chi connectivity index (χ0) is 26.0. The Kier molecular flexibility index (Phi) is 5.48. The van der Waals surface area contributed by atoms with Gasteiger partial charge in [0, 0.05) is 5.41 Å². The van der Waals surface area contributed by atoms with Gasteiger partial charge in [0.2, 0.25) is 0 Å². The quantitative estimate of drug-likeness (QED) is 0.306. The summed E-state index contributed by atoms with van der Waals surface area (Å²) in [6, 6.07) is 28.3. The first-order valence-corrected chi connectivity index (χ1v) is 13.0. The zero-order valence-corrected chi connectivity index (χ0v) is 23.0. The second kappa shape index (κ2) is 8.10. The van der Waals surface area contributed by atoms with Gasteiger partial charge in [-0.25, -0.2) is 0 Å². The van der Waals surface area contributed by atoms with Crippen LogP contribution in [0.25, 0.3) is 33.4 Å². The highest BCUT2D eigenvalue weighted by Gasteiger charge is 2.39. The second-order valence-electron chi connectivity index (χ2n) is 12.9. The number of hydrogen-bond acceptors (Lipinski definition) is 1. The molecular formula is C35H38O. The standard InChI is InChI=1S/C35H38O/c1-33(2,3)24-18-23(19-25(20-24)34(4,5)6)28-17-16-27(22-12-10-9-11-13-22)31-29-15-14-26(36)21-30(29)35(7,8)32(28)31/h9-21,36H,1-8H3. The van der Waals surface area contributed by atoms with E-state index in [4.69, 9.17) is 0 Å². The third-order valence-corrected chi connectivity index (χ3v) is 7.84. The second-order valence-corrected chi connectivity index (χ2v) is 12.9. The van der Waals surface area contributed by atoms with Crippen LogP contribution < -0.4 is 0 Å². The van der Waals surface area contributed by atoms with Gasteiger partial charge in [-0.2, -0.15) is 0 Å². The molecule has 1 aliphatic rings. The molecule has 1 aliphatic carbocycles. The zero-order valence-electron chi connectivity index (χ0n) is 23.0. The lowest BCUT2D eigenvalue weighted by Gasteiger charge is -2.29. The first-order chi connectivity index (χ1) is 16.8. The highest BCUT2D eigenvalue weighted by Crippen LogP contribution is 2.56. The lowest BCUT2D eigenvalue weighted by molar-refractivity contribution is 0.473. The Labute approximate surface area is 216 Å². The van der Waals surface area contributed by atoms with Crippen LogP contribution in [0.1, 0.15) is 77.6 Å². The van der Waals surface area contributed by atoms with Crippen molar-refractivity contribution in [2.75, 3.05) is 0 Å². The molecule has 36 heavy (non-hydrogen) atoms. The van der Waals surface area contributed by atoms with Gasteiger partial charge in [-0.3, -0.25) is 0 Å². The molecule has 0 spiro atoms. The minimum Gasteiger partial charge on any atom is -0.508 e. The van der Waals surface area contributed by atoms with Gasteiger partial charge >= 0.3 is 0 Å². The number of fused-ring (bicyclic) bond motifs is 3. The summed E-state index contributed by atoms with van der Waals surface area (Å²) >= 11 is 0. The van der Waals surface area contributed by atoms with Gasteiger partial charge in [-0.15, -0.1) is 0 Å². The smallest absolute Gasteiger partial charge is 0.115 e. The van der Waals surface area contributed by atoms with Crippen LogP contribution in [0.2, 0.25) is 0 Å². The van der Waals surface area contributed by atoms with Crippen molar-refractivity contribution in [2.45, 2.75) is 71.6 Å². The highest BCUT2D eigenvalue weighted by molar-refractivity contribution is 5.97. The highest BCUT2D eigenvalue weighted by atomic mass is 16.3. The number of phenolic OH excluding ortho intramolecular Hbond substituents is 1. The predicted octanol–water partition coefficient (Wildman–Crippen LogP) is 9.63. The molecule has 0 fully saturated rings. The third-order valence-electron chi connectivity index (χ3n) is 7.84. The molecule has 1 heteroatoms. The normalized spacial score (nSPS) is 14.4. The Bertz CT molecular complexity index is 1430. The summed E-state index contributed by atoms with van der Waals surface area (Å²) in [4.78, 5) is 0. The van der Waals surface area contributed by atoms with Gasteiger partial charge in [0.1, 0.15) is 5.75 Å². The molecule has 0 bridgehead atoms. The molecule has 0 saturated carbocycles. The maximum Gasteiger partial charge on any atom is 0.115 e. The summed E-state index contributed by atoms with van der Waals surface area (Å²) in [7, 11) is 0. The average molecular weight is 475 g/mol. The van der Waals surface area contributed by atoms with Crippen molar-refractivity contribution in [2.24, 2.45) is 0 Å². The van der Waals surface area contributed by atoms with Crippen molar-refractivity contribution in [3.63, 3.8) is 0 Å². The molecule has 0 atom stereocenters. The molecule has 4 aromatic rings. The summed E-state index contributed by atoms with van der Waals surface area (Å²) < 4.78 is 0. The molecule has 0 amide bonds. The van der Waals surface area contributed by atoms with Gasteiger partial charge in [-0.05, 0) is 78.6 Å². The average Bonchev–Trinajstić information content (AvgIpc) is 3.05. The fourth-order valence-corrected chi connectivity index (χ4v) is 5.68.